The lowest BCUT2D eigenvalue weighted by Gasteiger charge is -2.42. The van der Waals surface area contributed by atoms with Gasteiger partial charge in [-0.15, -0.1) is 0 Å². The highest BCUT2D eigenvalue weighted by Gasteiger charge is 2.34. The third-order valence-electron chi connectivity index (χ3n) is 8.32. The molecule has 0 N–H and O–H groups in total. The van der Waals surface area contributed by atoms with Gasteiger partial charge < -0.3 is 14.7 Å². The summed E-state index contributed by atoms with van der Waals surface area (Å²) >= 11 is 0. The van der Waals surface area contributed by atoms with Crippen molar-refractivity contribution >= 4 is 11.8 Å². The number of carbonyl (C=O) groups is 2. The SMILES string of the molecule is CN(Cc1ccccc1)C(=O)C1CCN(C2CCN(C(=O)C(c3ccccc3)c3ccccc3)CC2)CC1. The molecule has 0 unspecified atom stereocenters. The topological polar surface area (TPSA) is 43.9 Å². The predicted molar refractivity (Wildman–Crippen MR) is 152 cm³/mol. The predicted octanol–water partition coefficient (Wildman–Crippen LogP) is 5.18. The van der Waals surface area contributed by atoms with Gasteiger partial charge in [0.15, 0.2) is 0 Å². The maximum absolute atomic E-state index is 13.8. The first-order chi connectivity index (χ1) is 18.6. The monoisotopic (exact) mass is 509 g/mol. The molecule has 0 aliphatic carbocycles. The Hall–Kier alpha value is -3.44. The number of carbonyl (C=O) groups excluding carboxylic acids is 2. The zero-order valence-corrected chi connectivity index (χ0v) is 22.4. The van der Waals surface area contributed by atoms with Crippen LogP contribution in [0.4, 0.5) is 0 Å². The molecule has 2 aliphatic rings. The van der Waals surface area contributed by atoms with Gasteiger partial charge in [0.05, 0.1) is 5.92 Å². The van der Waals surface area contributed by atoms with E-state index in [2.05, 4.69) is 46.2 Å². The minimum Gasteiger partial charge on any atom is -0.342 e. The van der Waals surface area contributed by atoms with Gasteiger partial charge in [-0.25, -0.2) is 0 Å². The van der Waals surface area contributed by atoms with Gasteiger partial charge in [0, 0.05) is 38.6 Å². The Labute approximate surface area is 227 Å². The lowest BCUT2D eigenvalue weighted by molar-refractivity contribution is -0.137. The Morgan fingerprint density at radius 3 is 1.76 bits per heavy atom. The number of hydrogen-bond acceptors (Lipinski definition) is 3. The van der Waals surface area contributed by atoms with Crippen molar-refractivity contribution in [3.8, 4) is 0 Å². The van der Waals surface area contributed by atoms with Crippen LogP contribution in [0.2, 0.25) is 0 Å². The lowest BCUT2D eigenvalue weighted by Crippen LogP contribution is -2.50. The summed E-state index contributed by atoms with van der Waals surface area (Å²) in [5.41, 5.74) is 3.27. The van der Waals surface area contributed by atoms with E-state index in [1.165, 1.54) is 5.56 Å². The summed E-state index contributed by atoms with van der Waals surface area (Å²) in [7, 11) is 1.92. The number of amides is 2. The smallest absolute Gasteiger partial charge is 0.234 e. The van der Waals surface area contributed by atoms with Crippen molar-refractivity contribution < 1.29 is 9.59 Å². The van der Waals surface area contributed by atoms with Crippen molar-refractivity contribution in [2.45, 2.75) is 44.2 Å². The largest absolute Gasteiger partial charge is 0.342 e. The number of hydrogen-bond donors (Lipinski definition) is 0. The van der Waals surface area contributed by atoms with Crippen LogP contribution in [0.1, 0.15) is 48.3 Å². The molecule has 0 atom stereocenters. The molecule has 5 nitrogen and oxygen atoms in total. The van der Waals surface area contributed by atoms with Crippen molar-refractivity contribution in [1.82, 2.24) is 14.7 Å². The van der Waals surface area contributed by atoms with Gasteiger partial charge in [-0.2, -0.15) is 0 Å². The molecule has 5 heteroatoms. The molecule has 0 radical (unpaired) electrons. The average molecular weight is 510 g/mol. The summed E-state index contributed by atoms with van der Waals surface area (Å²) in [6, 6.07) is 31.0. The molecule has 2 fully saturated rings. The van der Waals surface area contributed by atoms with Gasteiger partial charge in [-0.3, -0.25) is 9.59 Å². The molecule has 0 spiro atoms. The minimum atomic E-state index is -0.261. The molecule has 2 aliphatic heterocycles. The second kappa shape index (κ2) is 12.4. The van der Waals surface area contributed by atoms with Crippen LogP contribution in [0.15, 0.2) is 91.0 Å². The molecule has 3 aromatic carbocycles. The third kappa shape index (κ3) is 6.16. The maximum atomic E-state index is 13.8. The normalized spacial score (nSPS) is 17.5. The first-order valence-electron chi connectivity index (χ1n) is 14.0. The maximum Gasteiger partial charge on any atom is 0.234 e. The highest BCUT2D eigenvalue weighted by Crippen LogP contribution is 2.30. The van der Waals surface area contributed by atoms with Gasteiger partial charge in [0.2, 0.25) is 11.8 Å². The Morgan fingerprint density at radius 1 is 0.737 bits per heavy atom. The summed E-state index contributed by atoms with van der Waals surface area (Å²) in [4.78, 5) is 33.3. The van der Waals surface area contributed by atoms with E-state index in [-0.39, 0.29) is 23.7 Å². The Morgan fingerprint density at radius 2 is 1.24 bits per heavy atom. The first kappa shape index (κ1) is 26.2. The van der Waals surface area contributed by atoms with E-state index in [1.807, 2.05) is 66.5 Å². The van der Waals surface area contributed by atoms with Gasteiger partial charge in [0.1, 0.15) is 0 Å². The summed E-state index contributed by atoms with van der Waals surface area (Å²) < 4.78 is 0. The molecule has 0 saturated carbocycles. The average Bonchev–Trinajstić information content (AvgIpc) is 2.99. The fourth-order valence-corrected chi connectivity index (χ4v) is 6.16. The summed E-state index contributed by atoms with van der Waals surface area (Å²) in [6.45, 7) is 4.17. The number of benzene rings is 3. The van der Waals surface area contributed by atoms with E-state index in [1.54, 1.807) is 0 Å². The van der Waals surface area contributed by atoms with E-state index in [9.17, 15) is 9.59 Å². The van der Waals surface area contributed by atoms with E-state index in [0.29, 0.717) is 12.6 Å². The molecular weight excluding hydrogens is 470 g/mol. The second-order valence-corrected chi connectivity index (χ2v) is 10.8. The van der Waals surface area contributed by atoms with Crippen LogP contribution in [-0.2, 0) is 16.1 Å². The van der Waals surface area contributed by atoms with Crippen molar-refractivity contribution in [2.24, 2.45) is 5.92 Å². The highest BCUT2D eigenvalue weighted by molar-refractivity contribution is 5.87. The quantitative estimate of drug-likeness (QED) is 0.441. The fraction of sp³-hybridized carbons (Fsp3) is 0.394. The summed E-state index contributed by atoms with van der Waals surface area (Å²) in [6.07, 6.45) is 3.82. The second-order valence-electron chi connectivity index (χ2n) is 10.8. The summed E-state index contributed by atoms with van der Waals surface area (Å²) in [5.74, 6) is 0.316. The number of nitrogens with zero attached hydrogens (tertiary/aromatic N) is 3. The van der Waals surface area contributed by atoms with E-state index >= 15 is 0 Å². The van der Waals surface area contributed by atoms with Gasteiger partial charge in [-0.05, 0) is 55.5 Å². The standard InChI is InChI=1S/C33H39N3O2/c1-34(25-26-11-5-2-6-12-26)32(37)29-17-21-35(22-18-29)30-19-23-36(24-20-30)33(38)31(27-13-7-3-8-14-27)28-15-9-4-10-16-28/h2-16,29-31H,17-25H2,1H3. The van der Waals surface area contributed by atoms with E-state index < -0.39 is 0 Å². The first-order valence-corrected chi connectivity index (χ1v) is 14.0. The van der Waals surface area contributed by atoms with Gasteiger partial charge >= 0.3 is 0 Å². The zero-order valence-electron chi connectivity index (χ0n) is 22.4. The molecule has 2 amide bonds. The van der Waals surface area contributed by atoms with E-state index in [4.69, 9.17) is 0 Å². The molecular formula is C33H39N3O2. The Balaban J connectivity index is 1.13. The van der Waals surface area contributed by atoms with Crippen LogP contribution in [0.5, 0.6) is 0 Å². The molecule has 5 rings (SSSR count). The van der Waals surface area contributed by atoms with Crippen LogP contribution in [0.3, 0.4) is 0 Å². The van der Waals surface area contributed by atoms with Gasteiger partial charge in [-0.1, -0.05) is 91.0 Å². The van der Waals surface area contributed by atoms with E-state index in [0.717, 1.165) is 63.0 Å². The van der Waals surface area contributed by atoms with Crippen molar-refractivity contribution in [1.29, 1.82) is 0 Å². The lowest BCUT2D eigenvalue weighted by atomic mass is 9.88. The van der Waals surface area contributed by atoms with Crippen LogP contribution in [-0.4, -0.2) is 65.8 Å². The minimum absolute atomic E-state index is 0.110. The van der Waals surface area contributed by atoms with Gasteiger partial charge in [0.25, 0.3) is 0 Å². The molecule has 0 bridgehead atoms. The van der Waals surface area contributed by atoms with Crippen LogP contribution in [0.25, 0.3) is 0 Å². The van der Waals surface area contributed by atoms with Crippen LogP contribution >= 0.6 is 0 Å². The summed E-state index contributed by atoms with van der Waals surface area (Å²) in [5, 5.41) is 0. The molecule has 198 valence electrons. The zero-order chi connectivity index (χ0) is 26.3. The Kier molecular flexibility index (Phi) is 8.54. The number of rotatable bonds is 7. The fourth-order valence-electron chi connectivity index (χ4n) is 6.16. The molecule has 0 aromatic heterocycles. The van der Waals surface area contributed by atoms with Crippen molar-refractivity contribution in [3.05, 3.63) is 108 Å². The van der Waals surface area contributed by atoms with Crippen molar-refractivity contribution in [2.75, 3.05) is 33.2 Å². The highest BCUT2D eigenvalue weighted by atomic mass is 16.2. The van der Waals surface area contributed by atoms with Crippen LogP contribution in [0, 0.1) is 5.92 Å². The molecule has 3 aromatic rings. The Bertz CT molecular complexity index is 1130. The number of piperidine rings is 2. The molecule has 38 heavy (non-hydrogen) atoms. The van der Waals surface area contributed by atoms with Crippen molar-refractivity contribution in [3.63, 3.8) is 0 Å². The molecule has 2 saturated heterocycles. The third-order valence-corrected chi connectivity index (χ3v) is 8.32. The van der Waals surface area contributed by atoms with Crippen LogP contribution < -0.4 is 0 Å². The molecule has 2 heterocycles. The number of likely N-dealkylation sites (tertiary alicyclic amines) is 2.